The average molecular weight is 472 g/mol. The van der Waals surface area contributed by atoms with Gasteiger partial charge in [0.15, 0.2) is 0 Å². The largest absolute Gasteiger partial charge is 0.383 e. The summed E-state index contributed by atoms with van der Waals surface area (Å²) >= 11 is 1.59. The molecule has 3 rings (SSSR count). The Bertz CT molecular complexity index is 887. The van der Waals surface area contributed by atoms with E-state index in [0.717, 1.165) is 36.5 Å². The van der Waals surface area contributed by atoms with Crippen molar-refractivity contribution in [1.82, 2.24) is 15.1 Å². The van der Waals surface area contributed by atoms with Crippen LogP contribution in [0.25, 0.3) is 0 Å². The fraction of sp³-hybridized carbons (Fsp3) is 0.538. The molecule has 0 spiro atoms. The summed E-state index contributed by atoms with van der Waals surface area (Å²) in [7, 11) is 1.63. The molecule has 180 valence electrons. The van der Waals surface area contributed by atoms with Gasteiger partial charge in [-0.2, -0.15) is 0 Å². The van der Waals surface area contributed by atoms with Crippen LogP contribution >= 0.6 is 11.3 Å². The maximum atomic E-state index is 13.6. The second kappa shape index (κ2) is 12.9. The van der Waals surface area contributed by atoms with Crippen molar-refractivity contribution in [3.63, 3.8) is 0 Å². The van der Waals surface area contributed by atoms with E-state index in [-0.39, 0.29) is 17.9 Å². The zero-order valence-corrected chi connectivity index (χ0v) is 20.9. The van der Waals surface area contributed by atoms with E-state index in [1.807, 2.05) is 46.7 Å². The molecule has 0 bridgehead atoms. The third-order valence-electron chi connectivity index (χ3n) is 6.32. The number of hydrogen-bond donors (Lipinski definition) is 1. The van der Waals surface area contributed by atoms with Crippen LogP contribution in [-0.4, -0.2) is 68.1 Å². The van der Waals surface area contributed by atoms with Gasteiger partial charge < -0.3 is 19.9 Å². The molecule has 2 amide bonds. The lowest BCUT2D eigenvalue weighted by Crippen LogP contribution is -2.48. The van der Waals surface area contributed by atoms with Crippen molar-refractivity contribution in [2.45, 2.75) is 45.1 Å². The maximum absolute atomic E-state index is 13.6. The van der Waals surface area contributed by atoms with Gasteiger partial charge in [-0.15, -0.1) is 11.3 Å². The Labute approximate surface area is 201 Å². The van der Waals surface area contributed by atoms with Crippen LogP contribution in [0.3, 0.4) is 0 Å². The molecule has 2 heterocycles. The summed E-state index contributed by atoms with van der Waals surface area (Å²) in [5, 5.41) is 5.18. The van der Waals surface area contributed by atoms with Gasteiger partial charge in [0.1, 0.15) is 0 Å². The smallest absolute Gasteiger partial charge is 0.254 e. The number of carbonyl (C=O) groups is 2. The van der Waals surface area contributed by atoms with E-state index >= 15 is 0 Å². The molecule has 7 heteroatoms. The molecule has 33 heavy (non-hydrogen) atoms. The van der Waals surface area contributed by atoms with E-state index in [4.69, 9.17) is 4.74 Å². The second-order valence-electron chi connectivity index (χ2n) is 8.45. The van der Waals surface area contributed by atoms with Crippen LogP contribution in [0.5, 0.6) is 0 Å². The van der Waals surface area contributed by atoms with Gasteiger partial charge in [-0.1, -0.05) is 44.5 Å². The van der Waals surface area contributed by atoms with Gasteiger partial charge >= 0.3 is 0 Å². The molecule has 2 atom stereocenters. The Balaban J connectivity index is 1.80. The number of nitrogens with one attached hydrogen (secondary N) is 1. The van der Waals surface area contributed by atoms with Crippen LogP contribution in [0.1, 0.15) is 65.9 Å². The number of fused-ring (bicyclic) bond motifs is 1. The van der Waals surface area contributed by atoms with Gasteiger partial charge in [0.05, 0.1) is 18.6 Å². The number of methoxy groups -OCH3 is 1. The third-order valence-corrected chi connectivity index (χ3v) is 7.26. The molecule has 2 aromatic rings. The van der Waals surface area contributed by atoms with E-state index in [9.17, 15) is 9.59 Å². The maximum Gasteiger partial charge on any atom is 0.254 e. The Morgan fingerprint density at radius 3 is 2.64 bits per heavy atom. The van der Waals surface area contributed by atoms with Gasteiger partial charge in [-0.05, 0) is 55.6 Å². The van der Waals surface area contributed by atoms with Crippen molar-refractivity contribution in [2.24, 2.45) is 0 Å². The van der Waals surface area contributed by atoms with Crippen molar-refractivity contribution in [3.8, 4) is 0 Å². The monoisotopic (exact) mass is 471 g/mol. The van der Waals surface area contributed by atoms with E-state index in [1.165, 1.54) is 12.8 Å². The number of unbranched alkanes of at least 4 members (excludes halogenated alkanes) is 1. The zero-order chi connectivity index (χ0) is 23.6. The number of carbonyl (C=O) groups excluding carboxylic acids is 2. The fourth-order valence-electron chi connectivity index (χ4n) is 4.52. The minimum atomic E-state index is -0.447. The minimum absolute atomic E-state index is 0.0210. The number of nitrogens with zero attached hydrogens (tertiary/aromatic N) is 2. The molecule has 6 nitrogen and oxygen atoms in total. The van der Waals surface area contributed by atoms with Gasteiger partial charge in [-0.25, -0.2) is 0 Å². The summed E-state index contributed by atoms with van der Waals surface area (Å²) in [6.07, 6.45) is 3.30. The van der Waals surface area contributed by atoms with Gasteiger partial charge in [0.2, 0.25) is 5.91 Å². The van der Waals surface area contributed by atoms with Gasteiger partial charge in [0, 0.05) is 30.6 Å². The number of hydrogen-bond acceptors (Lipinski definition) is 5. The average Bonchev–Trinajstić information content (AvgIpc) is 3.37. The first-order chi connectivity index (χ1) is 16.1. The molecule has 1 N–H and O–H groups in total. The summed E-state index contributed by atoms with van der Waals surface area (Å²) in [5.74, 6) is -0.510. The summed E-state index contributed by atoms with van der Waals surface area (Å²) in [6, 6.07) is 11.2. The Kier molecular flexibility index (Phi) is 9.91. The molecule has 0 radical (unpaired) electrons. The first kappa shape index (κ1) is 25.4. The molecule has 1 aromatic heterocycles. The molecular formula is C26H37N3O3S. The topological polar surface area (TPSA) is 61.9 Å². The van der Waals surface area contributed by atoms with E-state index in [1.54, 1.807) is 18.4 Å². The Morgan fingerprint density at radius 1 is 1.15 bits per heavy atom. The standard InChI is InChI=1S/C26H37N3O3S/c1-4-6-15-28(5-2)16-10-14-27-25(30)23-20-11-7-8-12-21(20)26(31)29(17-18-32-3)24(23)22-13-9-19-33-22/h7-9,11-13,19,23-24H,4-6,10,14-18H2,1-3H3,(H,27,30)/t23-,24-/m0/s1. The minimum Gasteiger partial charge on any atom is -0.383 e. The fourth-order valence-corrected chi connectivity index (χ4v) is 5.39. The van der Waals surface area contributed by atoms with Crippen molar-refractivity contribution in [2.75, 3.05) is 46.4 Å². The lowest BCUT2D eigenvalue weighted by atomic mass is 9.81. The molecule has 0 saturated carbocycles. The predicted octanol–water partition coefficient (Wildman–Crippen LogP) is 4.30. The summed E-state index contributed by atoms with van der Waals surface area (Å²) in [4.78, 5) is 32.2. The molecule has 0 fully saturated rings. The lowest BCUT2D eigenvalue weighted by molar-refractivity contribution is -0.124. The van der Waals surface area contributed by atoms with Crippen molar-refractivity contribution >= 4 is 23.2 Å². The first-order valence-electron chi connectivity index (χ1n) is 12.0. The van der Waals surface area contributed by atoms with Gasteiger partial charge in [0.25, 0.3) is 5.91 Å². The zero-order valence-electron chi connectivity index (χ0n) is 20.1. The SMILES string of the molecule is CCCCN(CC)CCCNC(=O)[C@H]1c2ccccc2C(=O)N(CCOC)[C@H]1c1cccs1. The van der Waals surface area contributed by atoms with E-state index in [2.05, 4.69) is 24.1 Å². The second-order valence-corrected chi connectivity index (χ2v) is 9.43. The Hall–Kier alpha value is -2.22. The van der Waals surface area contributed by atoms with Crippen LogP contribution in [0.2, 0.25) is 0 Å². The summed E-state index contributed by atoms with van der Waals surface area (Å²) in [6.45, 7) is 9.00. The van der Waals surface area contributed by atoms with Crippen molar-refractivity contribution in [1.29, 1.82) is 0 Å². The normalized spacial score (nSPS) is 17.9. The molecular weight excluding hydrogens is 434 g/mol. The number of thiophene rings is 1. The molecule has 1 aliphatic rings. The van der Waals surface area contributed by atoms with Gasteiger partial charge in [-0.3, -0.25) is 9.59 Å². The molecule has 0 unspecified atom stereocenters. The van der Waals surface area contributed by atoms with Crippen LogP contribution in [0.4, 0.5) is 0 Å². The molecule has 1 aromatic carbocycles. The van der Waals surface area contributed by atoms with Crippen molar-refractivity contribution in [3.05, 3.63) is 57.8 Å². The highest BCUT2D eigenvalue weighted by Crippen LogP contribution is 2.44. The summed E-state index contributed by atoms with van der Waals surface area (Å²) < 4.78 is 5.29. The predicted molar refractivity (Wildman–Crippen MR) is 134 cm³/mol. The third kappa shape index (κ3) is 6.22. The van der Waals surface area contributed by atoms with Crippen LogP contribution in [0, 0.1) is 0 Å². The molecule has 0 saturated heterocycles. The lowest BCUT2D eigenvalue weighted by Gasteiger charge is -2.41. The quantitative estimate of drug-likeness (QED) is 0.443. The highest BCUT2D eigenvalue weighted by molar-refractivity contribution is 7.10. The van der Waals surface area contributed by atoms with Crippen LogP contribution < -0.4 is 5.32 Å². The highest BCUT2D eigenvalue weighted by atomic mass is 32.1. The Morgan fingerprint density at radius 2 is 1.94 bits per heavy atom. The number of amides is 2. The van der Waals surface area contributed by atoms with E-state index in [0.29, 0.717) is 25.3 Å². The summed E-state index contributed by atoms with van der Waals surface area (Å²) in [5.41, 5.74) is 1.42. The molecule has 1 aliphatic heterocycles. The highest BCUT2D eigenvalue weighted by Gasteiger charge is 2.44. The molecule has 0 aliphatic carbocycles. The van der Waals surface area contributed by atoms with Crippen LogP contribution in [-0.2, 0) is 9.53 Å². The number of benzene rings is 1. The first-order valence-corrected chi connectivity index (χ1v) is 12.9. The van der Waals surface area contributed by atoms with Crippen LogP contribution in [0.15, 0.2) is 41.8 Å². The van der Waals surface area contributed by atoms with E-state index < -0.39 is 5.92 Å². The number of ether oxygens (including phenoxy) is 1. The van der Waals surface area contributed by atoms with Crippen molar-refractivity contribution < 1.29 is 14.3 Å². The number of rotatable bonds is 13.